The standard InChI is InChI=1S/C12H26O5/c1-3-11(5-13)6-16-10-17-9-12(4-2,7-14)8-15/h11,13-15H,3-10H2,1-2H3. The van der Waals surface area contributed by atoms with Gasteiger partial charge in [-0.15, -0.1) is 0 Å². The van der Waals surface area contributed by atoms with Crippen molar-refractivity contribution in [1.29, 1.82) is 0 Å². The molecule has 5 heteroatoms. The molecule has 0 bridgehead atoms. The molecule has 0 heterocycles. The average Bonchev–Trinajstić information content (AvgIpc) is 2.39. The zero-order valence-electron chi connectivity index (χ0n) is 10.9. The second-order valence-corrected chi connectivity index (χ2v) is 4.46. The summed E-state index contributed by atoms with van der Waals surface area (Å²) in [5, 5.41) is 27.3. The molecule has 0 saturated carbocycles. The van der Waals surface area contributed by atoms with Gasteiger partial charge in [-0.1, -0.05) is 13.8 Å². The summed E-state index contributed by atoms with van der Waals surface area (Å²) in [6.45, 7) is 4.65. The molecule has 104 valence electrons. The molecule has 0 aliphatic heterocycles. The number of rotatable bonds is 11. The third-order valence-corrected chi connectivity index (χ3v) is 3.18. The molecule has 0 aliphatic rings. The predicted molar refractivity (Wildman–Crippen MR) is 64.5 cm³/mol. The van der Waals surface area contributed by atoms with Gasteiger partial charge in [0, 0.05) is 17.9 Å². The SMILES string of the molecule is CCC(CO)COCOCC(CC)(CO)CO. The zero-order valence-corrected chi connectivity index (χ0v) is 10.9. The van der Waals surface area contributed by atoms with E-state index in [1.54, 1.807) is 0 Å². The van der Waals surface area contributed by atoms with Crippen molar-refractivity contribution >= 4 is 0 Å². The van der Waals surface area contributed by atoms with Crippen molar-refractivity contribution in [2.24, 2.45) is 11.3 Å². The number of aliphatic hydroxyl groups excluding tert-OH is 3. The molecule has 17 heavy (non-hydrogen) atoms. The maximum atomic E-state index is 9.18. The highest BCUT2D eigenvalue weighted by Crippen LogP contribution is 2.20. The van der Waals surface area contributed by atoms with Crippen LogP contribution in [0, 0.1) is 11.3 Å². The Labute approximate surface area is 103 Å². The van der Waals surface area contributed by atoms with Crippen LogP contribution in [0.1, 0.15) is 26.7 Å². The molecule has 1 atom stereocenters. The molecule has 1 unspecified atom stereocenters. The Hall–Kier alpha value is -0.200. The normalized spacial score (nSPS) is 13.9. The van der Waals surface area contributed by atoms with Crippen molar-refractivity contribution in [3.8, 4) is 0 Å². The number of hydrogen-bond donors (Lipinski definition) is 3. The fourth-order valence-electron chi connectivity index (χ4n) is 1.30. The van der Waals surface area contributed by atoms with E-state index in [0.717, 1.165) is 6.42 Å². The smallest absolute Gasteiger partial charge is 0.146 e. The lowest BCUT2D eigenvalue weighted by atomic mass is 9.88. The van der Waals surface area contributed by atoms with Crippen molar-refractivity contribution in [3.05, 3.63) is 0 Å². The van der Waals surface area contributed by atoms with Crippen LogP contribution in [0.4, 0.5) is 0 Å². The lowest BCUT2D eigenvalue weighted by molar-refractivity contribution is -0.111. The third-order valence-electron chi connectivity index (χ3n) is 3.18. The third kappa shape index (κ3) is 6.33. The molecule has 0 aromatic carbocycles. The largest absolute Gasteiger partial charge is 0.396 e. The molecule has 0 spiro atoms. The molecule has 0 fully saturated rings. The van der Waals surface area contributed by atoms with Crippen LogP contribution in [0.25, 0.3) is 0 Å². The minimum absolute atomic E-state index is 0.103. The maximum Gasteiger partial charge on any atom is 0.146 e. The molecule has 0 aliphatic carbocycles. The van der Waals surface area contributed by atoms with Gasteiger partial charge in [0.25, 0.3) is 0 Å². The maximum absolute atomic E-state index is 9.18. The molecule has 0 rings (SSSR count). The second-order valence-electron chi connectivity index (χ2n) is 4.46. The number of aliphatic hydroxyl groups is 3. The molecule has 0 aromatic rings. The first kappa shape index (κ1) is 16.8. The van der Waals surface area contributed by atoms with E-state index in [2.05, 4.69) is 0 Å². The fraction of sp³-hybridized carbons (Fsp3) is 1.00. The highest BCUT2D eigenvalue weighted by Gasteiger charge is 2.26. The Kier molecular flexibility index (Phi) is 9.68. The van der Waals surface area contributed by atoms with Gasteiger partial charge in [-0.2, -0.15) is 0 Å². The first-order valence-corrected chi connectivity index (χ1v) is 6.16. The Bertz CT molecular complexity index is 158. The van der Waals surface area contributed by atoms with Gasteiger partial charge in [0.15, 0.2) is 0 Å². The van der Waals surface area contributed by atoms with Gasteiger partial charge >= 0.3 is 0 Å². The van der Waals surface area contributed by atoms with Crippen molar-refractivity contribution in [1.82, 2.24) is 0 Å². The van der Waals surface area contributed by atoms with Crippen molar-refractivity contribution in [2.75, 3.05) is 39.8 Å². The van der Waals surface area contributed by atoms with Crippen molar-refractivity contribution < 1.29 is 24.8 Å². The lowest BCUT2D eigenvalue weighted by Crippen LogP contribution is -2.34. The van der Waals surface area contributed by atoms with Gasteiger partial charge < -0.3 is 24.8 Å². The van der Waals surface area contributed by atoms with Gasteiger partial charge in [0.1, 0.15) is 6.79 Å². The van der Waals surface area contributed by atoms with Crippen LogP contribution in [0.15, 0.2) is 0 Å². The van der Waals surface area contributed by atoms with E-state index >= 15 is 0 Å². The number of hydrogen-bond acceptors (Lipinski definition) is 5. The van der Waals surface area contributed by atoms with E-state index in [1.807, 2.05) is 13.8 Å². The minimum Gasteiger partial charge on any atom is -0.396 e. The van der Waals surface area contributed by atoms with Gasteiger partial charge in [-0.05, 0) is 12.8 Å². The Balaban J connectivity index is 3.68. The van der Waals surface area contributed by atoms with Crippen molar-refractivity contribution in [2.45, 2.75) is 26.7 Å². The van der Waals surface area contributed by atoms with E-state index < -0.39 is 5.41 Å². The van der Waals surface area contributed by atoms with E-state index in [9.17, 15) is 10.2 Å². The highest BCUT2D eigenvalue weighted by atomic mass is 16.7. The van der Waals surface area contributed by atoms with Crippen LogP contribution < -0.4 is 0 Å². The van der Waals surface area contributed by atoms with Crippen LogP contribution in [0.2, 0.25) is 0 Å². The van der Waals surface area contributed by atoms with Crippen LogP contribution in [0.3, 0.4) is 0 Å². The van der Waals surface area contributed by atoms with Gasteiger partial charge in [-0.25, -0.2) is 0 Å². The van der Waals surface area contributed by atoms with Crippen LogP contribution in [-0.4, -0.2) is 55.1 Å². The Morgan fingerprint density at radius 2 is 1.71 bits per heavy atom. The van der Waals surface area contributed by atoms with Gasteiger partial charge in [-0.3, -0.25) is 0 Å². The van der Waals surface area contributed by atoms with Gasteiger partial charge in [0.05, 0.1) is 26.4 Å². The van der Waals surface area contributed by atoms with Gasteiger partial charge in [0.2, 0.25) is 0 Å². The summed E-state index contributed by atoms with van der Waals surface area (Å²) in [7, 11) is 0. The van der Waals surface area contributed by atoms with E-state index in [-0.39, 0.29) is 39.1 Å². The summed E-state index contributed by atoms with van der Waals surface area (Å²) < 4.78 is 10.5. The summed E-state index contributed by atoms with van der Waals surface area (Å²) in [5.41, 5.74) is -0.579. The number of ether oxygens (including phenoxy) is 2. The molecule has 5 nitrogen and oxygen atoms in total. The Morgan fingerprint density at radius 3 is 2.12 bits per heavy atom. The second kappa shape index (κ2) is 9.79. The predicted octanol–water partition coefficient (Wildman–Crippen LogP) is 0.377. The fourth-order valence-corrected chi connectivity index (χ4v) is 1.30. The summed E-state index contributed by atoms with van der Waals surface area (Å²) in [6, 6.07) is 0. The summed E-state index contributed by atoms with van der Waals surface area (Å²) in [4.78, 5) is 0. The summed E-state index contributed by atoms with van der Waals surface area (Å²) >= 11 is 0. The first-order chi connectivity index (χ1) is 8.17. The Morgan fingerprint density at radius 1 is 1.06 bits per heavy atom. The average molecular weight is 250 g/mol. The zero-order chi connectivity index (χ0) is 13.1. The first-order valence-electron chi connectivity index (χ1n) is 6.16. The van der Waals surface area contributed by atoms with Crippen molar-refractivity contribution in [3.63, 3.8) is 0 Å². The summed E-state index contributed by atoms with van der Waals surface area (Å²) in [5.74, 6) is 0.144. The molecular weight excluding hydrogens is 224 g/mol. The summed E-state index contributed by atoms with van der Waals surface area (Å²) in [6.07, 6.45) is 1.51. The van der Waals surface area contributed by atoms with Crippen LogP contribution in [0.5, 0.6) is 0 Å². The topological polar surface area (TPSA) is 79.2 Å². The van der Waals surface area contributed by atoms with E-state index in [4.69, 9.17) is 14.6 Å². The molecule has 0 radical (unpaired) electrons. The van der Waals surface area contributed by atoms with E-state index in [1.165, 1.54) is 0 Å². The molecule has 0 amide bonds. The highest BCUT2D eigenvalue weighted by molar-refractivity contribution is 4.75. The molecule has 0 aromatic heterocycles. The molecular formula is C12H26O5. The monoisotopic (exact) mass is 250 g/mol. The lowest BCUT2D eigenvalue weighted by Gasteiger charge is -2.27. The molecule has 0 saturated heterocycles. The quantitative estimate of drug-likeness (QED) is 0.365. The van der Waals surface area contributed by atoms with E-state index in [0.29, 0.717) is 13.0 Å². The molecule has 3 N–H and O–H groups in total. The van der Waals surface area contributed by atoms with Crippen LogP contribution in [-0.2, 0) is 9.47 Å². The minimum atomic E-state index is -0.579. The van der Waals surface area contributed by atoms with Crippen LogP contribution >= 0.6 is 0 Å².